The molecular weight excluding hydrogens is 422 g/mol. The Morgan fingerprint density at radius 3 is 2.03 bits per heavy atom. The number of fused-ring (bicyclic) bond motifs is 1. The van der Waals surface area contributed by atoms with Crippen molar-refractivity contribution in [2.45, 2.75) is 56.9 Å². The Labute approximate surface area is 202 Å². The van der Waals surface area contributed by atoms with Crippen molar-refractivity contribution in [2.24, 2.45) is 11.8 Å². The Hall–Kier alpha value is -3.13. The van der Waals surface area contributed by atoms with Crippen molar-refractivity contribution < 1.29 is 9.59 Å². The number of carbonyl (C=O) groups is 2. The smallest absolute Gasteiger partial charge is 0.226 e. The Morgan fingerprint density at radius 2 is 1.38 bits per heavy atom. The quantitative estimate of drug-likeness (QED) is 0.686. The lowest BCUT2D eigenvalue weighted by Gasteiger charge is -2.41. The molecular formula is C29H33N3O2. The highest BCUT2D eigenvalue weighted by molar-refractivity contribution is 5.88. The van der Waals surface area contributed by atoms with Crippen LogP contribution in [0.3, 0.4) is 0 Å². The fourth-order valence-corrected chi connectivity index (χ4v) is 6.21. The maximum Gasteiger partial charge on any atom is 0.226 e. The SMILES string of the molecule is N#CC1(c2ccccc2)CCN(C(=O)C2CCCCC2C(=O)N2CCc3ccccc3C2)CC1. The largest absolute Gasteiger partial charge is 0.342 e. The van der Waals surface area contributed by atoms with Crippen LogP contribution in [0.5, 0.6) is 0 Å². The van der Waals surface area contributed by atoms with Crippen molar-refractivity contribution >= 4 is 11.8 Å². The zero-order chi connectivity index (χ0) is 23.5. The second-order valence-electron chi connectivity index (χ2n) is 10.2. The lowest BCUT2D eigenvalue weighted by Crippen LogP contribution is -2.51. The second kappa shape index (κ2) is 9.62. The highest BCUT2D eigenvalue weighted by Crippen LogP contribution is 2.38. The number of rotatable bonds is 3. The summed E-state index contributed by atoms with van der Waals surface area (Å²) in [7, 11) is 0. The molecule has 2 heterocycles. The van der Waals surface area contributed by atoms with Gasteiger partial charge in [-0.05, 0) is 48.8 Å². The van der Waals surface area contributed by atoms with Crippen LogP contribution in [0.25, 0.3) is 0 Å². The number of carbonyl (C=O) groups excluding carboxylic acids is 2. The molecule has 2 aliphatic heterocycles. The zero-order valence-electron chi connectivity index (χ0n) is 19.8. The molecule has 34 heavy (non-hydrogen) atoms. The standard InChI is InChI=1S/C29H33N3O2/c30-21-29(24-10-2-1-3-11-24)15-18-31(19-16-29)27(33)25-12-6-7-13-26(25)28(34)32-17-14-22-8-4-5-9-23(22)20-32/h1-5,8-11,25-26H,6-7,12-20H2. The van der Waals surface area contributed by atoms with E-state index in [0.717, 1.165) is 44.2 Å². The molecule has 176 valence electrons. The number of amides is 2. The van der Waals surface area contributed by atoms with Gasteiger partial charge in [0.2, 0.25) is 11.8 Å². The van der Waals surface area contributed by atoms with E-state index in [1.165, 1.54) is 11.1 Å². The monoisotopic (exact) mass is 455 g/mol. The summed E-state index contributed by atoms with van der Waals surface area (Å²) < 4.78 is 0. The molecule has 2 aromatic rings. The molecule has 2 fully saturated rings. The van der Waals surface area contributed by atoms with Gasteiger partial charge in [-0.3, -0.25) is 9.59 Å². The van der Waals surface area contributed by atoms with E-state index < -0.39 is 5.41 Å². The number of hydrogen-bond acceptors (Lipinski definition) is 3. The topological polar surface area (TPSA) is 64.4 Å². The fraction of sp³-hybridized carbons (Fsp3) is 0.483. The maximum absolute atomic E-state index is 13.7. The minimum Gasteiger partial charge on any atom is -0.342 e. The van der Waals surface area contributed by atoms with Gasteiger partial charge < -0.3 is 9.80 Å². The zero-order valence-corrected chi connectivity index (χ0v) is 19.8. The predicted octanol–water partition coefficient (Wildman–Crippen LogP) is 4.46. The van der Waals surface area contributed by atoms with Gasteiger partial charge in [-0.1, -0.05) is 67.4 Å². The summed E-state index contributed by atoms with van der Waals surface area (Å²) in [5.41, 5.74) is 3.07. The molecule has 2 atom stereocenters. The molecule has 2 unspecified atom stereocenters. The fourth-order valence-electron chi connectivity index (χ4n) is 6.21. The molecule has 0 N–H and O–H groups in total. The van der Waals surface area contributed by atoms with Crippen molar-refractivity contribution in [3.05, 3.63) is 71.3 Å². The number of nitrogens with zero attached hydrogens (tertiary/aromatic N) is 3. The third kappa shape index (κ3) is 4.22. The van der Waals surface area contributed by atoms with E-state index in [9.17, 15) is 14.9 Å². The Morgan fingerprint density at radius 1 is 0.794 bits per heavy atom. The van der Waals surface area contributed by atoms with Crippen molar-refractivity contribution in [3.8, 4) is 6.07 Å². The summed E-state index contributed by atoms with van der Waals surface area (Å²) in [6.45, 7) is 2.54. The van der Waals surface area contributed by atoms with Gasteiger partial charge >= 0.3 is 0 Å². The van der Waals surface area contributed by atoms with Gasteiger partial charge in [0.25, 0.3) is 0 Å². The number of likely N-dealkylation sites (tertiary alicyclic amines) is 1. The number of piperidine rings is 1. The third-order valence-electron chi connectivity index (χ3n) is 8.31. The van der Waals surface area contributed by atoms with E-state index >= 15 is 0 Å². The van der Waals surface area contributed by atoms with Crippen LogP contribution in [0, 0.1) is 23.2 Å². The van der Waals surface area contributed by atoms with E-state index in [4.69, 9.17) is 0 Å². The average Bonchev–Trinajstić information content (AvgIpc) is 2.92. The van der Waals surface area contributed by atoms with Gasteiger partial charge in [0.05, 0.1) is 11.5 Å². The maximum atomic E-state index is 13.7. The van der Waals surface area contributed by atoms with Gasteiger partial charge in [-0.15, -0.1) is 0 Å². The lowest BCUT2D eigenvalue weighted by molar-refractivity contribution is -0.149. The molecule has 1 aliphatic carbocycles. The van der Waals surface area contributed by atoms with Crippen molar-refractivity contribution in [3.63, 3.8) is 0 Å². The normalized spacial score (nSPS) is 24.1. The van der Waals surface area contributed by atoms with E-state index in [2.05, 4.69) is 24.3 Å². The molecule has 1 saturated heterocycles. The second-order valence-corrected chi connectivity index (χ2v) is 10.2. The summed E-state index contributed by atoms with van der Waals surface area (Å²) in [6.07, 6.45) is 5.78. The van der Waals surface area contributed by atoms with E-state index in [-0.39, 0.29) is 23.7 Å². The van der Waals surface area contributed by atoms with Crippen LogP contribution in [0.2, 0.25) is 0 Å². The molecule has 5 rings (SSSR count). The van der Waals surface area contributed by atoms with Gasteiger partial charge in [0, 0.05) is 38.0 Å². The van der Waals surface area contributed by atoms with Gasteiger partial charge in [-0.2, -0.15) is 5.26 Å². The van der Waals surface area contributed by atoms with Crippen LogP contribution in [-0.2, 0) is 28.0 Å². The number of hydrogen-bond donors (Lipinski definition) is 0. The van der Waals surface area contributed by atoms with Gasteiger partial charge in [-0.25, -0.2) is 0 Å². The summed E-state index contributed by atoms with van der Waals surface area (Å²) in [5.74, 6) is -0.178. The highest BCUT2D eigenvalue weighted by Gasteiger charge is 2.43. The van der Waals surface area contributed by atoms with Crippen molar-refractivity contribution in [2.75, 3.05) is 19.6 Å². The minimum absolute atomic E-state index is 0.120. The first-order valence-electron chi connectivity index (χ1n) is 12.7. The number of nitriles is 1. The summed E-state index contributed by atoms with van der Waals surface area (Å²) >= 11 is 0. The van der Waals surface area contributed by atoms with Crippen LogP contribution >= 0.6 is 0 Å². The molecule has 2 amide bonds. The highest BCUT2D eigenvalue weighted by atomic mass is 16.2. The molecule has 5 heteroatoms. The molecule has 5 nitrogen and oxygen atoms in total. The third-order valence-corrected chi connectivity index (χ3v) is 8.31. The van der Waals surface area contributed by atoms with Crippen LogP contribution in [-0.4, -0.2) is 41.2 Å². The first-order valence-corrected chi connectivity index (χ1v) is 12.7. The summed E-state index contributed by atoms with van der Waals surface area (Å²) in [6, 6.07) is 20.9. The van der Waals surface area contributed by atoms with Crippen molar-refractivity contribution in [1.82, 2.24) is 9.80 Å². The first kappa shape index (κ1) is 22.7. The molecule has 2 aromatic carbocycles. The van der Waals surface area contributed by atoms with Crippen LogP contribution in [0.15, 0.2) is 54.6 Å². The Balaban J connectivity index is 1.27. The van der Waals surface area contributed by atoms with E-state index in [0.29, 0.717) is 32.5 Å². The molecule has 3 aliphatic rings. The van der Waals surface area contributed by atoms with Crippen LogP contribution < -0.4 is 0 Å². The number of benzene rings is 2. The van der Waals surface area contributed by atoms with Crippen LogP contribution in [0.4, 0.5) is 0 Å². The van der Waals surface area contributed by atoms with E-state index in [1.54, 1.807) is 0 Å². The molecule has 0 spiro atoms. The Bertz CT molecular complexity index is 1080. The van der Waals surface area contributed by atoms with E-state index in [1.807, 2.05) is 46.2 Å². The average molecular weight is 456 g/mol. The molecule has 1 saturated carbocycles. The Kier molecular flexibility index (Phi) is 6.41. The van der Waals surface area contributed by atoms with Gasteiger partial charge in [0.1, 0.15) is 0 Å². The predicted molar refractivity (Wildman–Crippen MR) is 131 cm³/mol. The summed E-state index contributed by atoms with van der Waals surface area (Å²) in [4.78, 5) is 31.2. The van der Waals surface area contributed by atoms with Crippen molar-refractivity contribution in [1.29, 1.82) is 5.26 Å². The van der Waals surface area contributed by atoms with Gasteiger partial charge in [0.15, 0.2) is 0 Å². The van der Waals surface area contributed by atoms with Crippen LogP contribution in [0.1, 0.15) is 55.2 Å². The summed E-state index contributed by atoms with van der Waals surface area (Å²) in [5, 5.41) is 9.99. The lowest BCUT2D eigenvalue weighted by atomic mass is 9.73. The molecule has 0 aromatic heterocycles. The molecule has 0 bridgehead atoms. The minimum atomic E-state index is -0.527. The molecule has 0 radical (unpaired) electrons. The first-order chi connectivity index (χ1) is 16.6.